The number of rotatable bonds is 7. The van der Waals surface area contributed by atoms with Crippen LogP contribution in [0.3, 0.4) is 0 Å². The SMILES string of the molecule is CO/N=C(\C)c1ccc([C@@H](OC)[C@@H](CF)N=[N+]=[N-])cc1. The first kappa shape index (κ1) is 15.9. The smallest absolute Gasteiger partial charge is 0.106 e. The maximum atomic E-state index is 12.9. The molecule has 0 bridgehead atoms. The summed E-state index contributed by atoms with van der Waals surface area (Å²) in [7, 11) is 2.93. The molecule has 1 rings (SSSR count). The van der Waals surface area contributed by atoms with Crippen LogP contribution < -0.4 is 0 Å². The molecule has 0 saturated heterocycles. The fraction of sp³-hybridized carbons (Fsp3) is 0.462. The zero-order chi connectivity index (χ0) is 15.0. The van der Waals surface area contributed by atoms with E-state index in [1.54, 1.807) is 12.1 Å². The van der Waals surface area contributed by atoms with E-state index in [1.807, 2.05) is 19.1 Å². The van der Waals surface area contributed by atoms with Crippen molar-refractivity contribution < 1.29 is 14.0 Å². The van der Waals surface area contributed by atoms with Gasteiger partial charge in [0.1, 0.15) is 13.8 Å². The third kappa shape index (κ3) is 3.94. The number of methoxy groups -OCH3 is 1. The fourth-order valence-corrected chi connectivity index (χ4v) is 1.86. The molecule has 1 aromatic carbocycles. The molecule has 0 heterocycles. The Morgan fingerprint density at radius 1 is 1.35 bits per heavy atom. The van der Waals surface area contributed by atoms with Crippen molar-refractivity contribution in [1.82, 2.24) is 0 Å². The lowest BCUT2D eigenvalue weighted by Gasteiger charge is -2.20. The van der Waals surface area contributed by atoms with Crippen molar-refractivity contribution in [3.05, 3.63) is 45.8 Å². The molecule has 0 aliphatic rings. The molecule has 0 saturated carbocycles. The third-order valence-electron chi connectivity index (χ3n) is 2.85. The molecule has 0 unspecified atom stereocenters. The van der Waals surface area contributed by atoms with Gasteiger partial charge in [0.05, 0.1) is 17.9 Å². The maximum absolute atomic E-state index is 12.9. The summed E-state index contributed by atoms with van der Waals surface area (Å²) in [6.07, 6.45) is -0.621. The van der Waals surface area contributed by atoms with Gasteiger partial charge in [0.2, 0.25) is 0 Å². The van der Waals surface area contributed by atoms with Crippen molar-refractivity contribution in [2.75, 3.05) is 20.9 Å². The van der Waals surface area contributed by atoms with Gasteiger partial charge in [-0.1, -0.05) is 34.5 Å². The van der Waals surface area contributed by atoms with Crippen LogP contribution in [0.25, 0.3) is 10.4 Å². The van der Waals surface area contributed by atoms with E-state index in [1.165, 1.54) is 14.2 Å². The van der Waals surface area contributed by atoms with Gasteiger partial charge in [0.25, 0.3) is 0 Å². The Hall–Kier alpha value is -2.11. The Bertz CT molecular complexity index is 498. The topological polar surface area (TPSA) is 79.6 Å². The Balaban J connectivity index is 3.00. The molecule has 0 spiro atoms. The molecular formula is C13H17FN4O2. The fourth-order valence-electron chi connectivity index (χ4n) is 1.86. The summed E-state index contributed by atoms with van der Waals surface area (Å²) in [6.45, 7) is 1.03. The van der Waals surface area contributed by atoms with E-state index >= 15 is 0 Å². The first-order valence-corrected chi connectivity index (χ1v) is 5.99. The molecule has 0 amide bonds. The second-order valence-corrected chi connectivity index (χ2v) is 4.06. The van der Waals surface area contributed by atoms with Crippen LogP contribution in [0.4, 0.5) is 4.39 Å². The number of hydrogen-bond donors (Lipinski definition) is 0. The molecular weight excluding hydrogens is 263 g/mol. The van der Waals surface area contributed by atoms with Gasteiger partial charge in [-0.25, -0.2) is 0 Å². The zero-order valence-electron chi connectivity index (χ0n) is 11.7. The molecule has 0 aromatic heterocycles. The lowest BCUT2D eigenvalue weighted by molar-refractivity contribution is 0.0722. The predicted molar refractivity (Wildman–Crippen MR) is 74.3 cm³/mol. The van der Waals surface area contributed by atoms with Gasteiger partial charge in [0.15, 0.2) is 0 Å². The summed E-state index contributed by atoms with van der Waals surface area (Å²) in [5.74, 6) is 0. The van der Waals surface area contributed by atoms with Crippen molar-refractivity contribution in [3.63, 3.8) is 0 Å². The van der Waals surface area contributed by atoms with Crippen molar-refractivity contribution in [2.45, 2.75) is 19.1 Å². The molecule has 0 N–H and O–H groups in total. The van der Waals surface area contributed by atoms with E-state index in [4.69, 9.17) is 15.1 Å². The summed E-state index contributed by atoms with van der Waals surface area (Å²) in [5.41, 5.74) is 10.8. The second kappa shape index (κ2) is 8.14. The number of hydrogen-bond acceptors (Lipinski definition) is 4. The lowest BCUT2D eigenvalue weighted by Crippen LogP contribution is -2.20. The normalized spacial score (nSPS) is 14.3. The highest BCUT2D eigenvalue weighted by molar-refractivity contribution is 5.98. The number of alkyl halides is 1. The maximum Gasteiger partial charge on any atom is 0.106 e. The molecule has 1 aromatic rings. The van der Waals surface area contributed by atoms with Crippen LogP contribution >= 0.6 is 0 Å². The number of nitrogens with zero attached hydrogens (tertiary/aromatic N) is 4. The molecule has 2 atom stereocenters. The van der Waals surface area contributed by atoms with Crippen LogP contribution in [-0.4, -0.2) is 32.6 Å². The Labute approximate surface area is 116 Å². The zero-order valence-corrected chi connectivity index (χ0v) is 11.7. The minimum atomic E-state index is -0.885. The second-order valence-electron chi connectivity index (χ2n) is 4.06. The number of ether oxygens (including phenoxy) is 1. The van der Waals surface area contributed by atoms with Crippen molar-refractivity contribution in [3.8, 4) is 0 Å². The van der Waals surface area contributed by atoms with Gasteiger partial charge in [-0.3, -0.25) is 4.39 Å². The van der Waals surface area contributed by atoms with Crippen molar-refractivity contribution in [1.29, 1.82) is 0 Å². The van der Waals surface area contributed by atoms with Crippen LogP contribution in [0.1, 0.15) is 24.2 Å². The number of oxime groups is 1. The minimum Gasteiger partial charge on any atom is -0.399 e. The molecule has 0 aliphatic carbocycles. The summed E-state index contributed by atoms with van der Waals surface area (Å²) < 4.78 is 18.1. The summed E-state index contributed by atoms with van der Waals surface area (Å²) in [4.78, 5) is 7.34. The quantitative estimate of drug-likeness (QED) is 0.252. The highest BCUT2D eigenvalue weighted by atomic mass is 19.1. The predicted octanol–water partition coefficient (Wildman–Crippen LogP) is 3.39. The molecule has 0 radical (unpaired) electrons. The van der Waals surface area contributed by atoms with Crippen LogP contribution in [0.15, 0.2) is 34.5 Å². The van der Waals surface area contributed by atoms with E-state index in [9.17, 15) is 4.39 Å². The van der Waals surface area contributed by atoms with E-state index in [0.717, 1.165) is 16.8 Å². The van der Waals surface area contributed by atoms with Crippen molar-refractivity contribution in [2.24, 2.45) is 10.3 Å². The first-order chi connectivity index (χ1) is 9.67. The van der Waals surface area contributed by atoms with Crippen LogP contribution in [0.5, 0.6) is 0 Å². The van der Waals surface area contributed by atoms with Gasteiger partial charge >= 0.3 is 0 Å². The average Bonchev–Trinajstić information content (AvgIpc) is 2.48. The van der Waals surface area contributed by atoms with E-state index in [2.05, 4.69) is 15.2 Å². The lowest BCUT2D eigenvalue weighted by atomic mass is 10.0. The largest absolute Gasteiger partial charge is 0.399 e. The van der Waals surface area contributed by atoms with Gasteiger partial charge in [-0.2, -0.15) is 0 Å². The molecule has 0 fully saturated rings. The van der Waals surface area contributed by atoms with Crippen LogP contribution in [-0.2, 0) is 9.57 Å². The van der Waals surface area contributed by atoms with E-state index in [-0.39, 0.29) is 0 Å². The standard InChI is InChI=1S/C13H17FN4O2/c1-9(17-20-3)10-4-6-11(7-5-10)13(19-2)12(8-14)16-18-15/h4-7,12-13H,8H2,1-3H3/b17-9+/t12-,13-/m1/s1. The number of halogens is 1. The average molecular weight is 280 g/mol. The highest BCUT2D eigenvalue weighted by Crippen LogP contribution is 2.24. The summed E-state index contributed by atoms with van der Waals surface area (Å²) >= 11 is 0. The molecule has 7 heteroatoms. The third-order valence-corrected chi connectivity index (χ3v) is 2.85. The summed E-state index contributed by atoms with van der Waals surface area (Å²) in [6, 6.07) is 6.33. The number of benzene rings is 1. The van der Waals surface area contributed by atoms with Crippen molar-refractivity contribution >= 4 is 5.71 Å². The highest BCUT2D eigenvalue weighted by Gasteiger charge is 2.22. The van der Waals surface area contributed by atoms with Gasteiger partial charge < -0.3 is 9.57 Å². The molecule has 20 heavy (non-hydrogen) atoms. The van der Waals surface area contributed by atoms with Crippen LogP contribution in [0.2, 0.25) is 0 Å². The van der Waals surface area contributed by atoms with Crippen LogP contribution in [0, 0.1) is 0 Å². The molecule has 0 aliphatic heterocycles. The summed E-state index contributed by atoms with van der Waals surface area (Å²) in [5, 5.41) is 7.24. The molecule has 6 nitrogen and oxygen atoms in total. The molecule has 108 valence electrons. The van der Waals surface area contributed by atoms with Gasteiger partial charge in [-0.15, -0.1) is 0 Å². The minimum absolute atomic E-state index is 0.621. The van der Waals surface area contributed by atoms with Gasteiger partial charge in [-0.05, 0) is 23.6 Å². The number of azide groups is 1. The van der Waals surface area contributed by atoms with E-state index in [0.29, 0.717) is 0 Å². The van der Waals surface area contributed by atoms with E-state index < -0.39 is 18.8 Å². The Morgan fingerprint density at radius 2 is 2.00 bits per heavy atom. The Kier molecular flexibility index (Phi) is 6.49. The first-order valence-electron chi connectivity index (χ1n) is 5.99. The Morgan fingerprint density at radius 3 is 2.45 bits per heavy atom. The van der Waals surface area contributed by atoms with Gasteiger partial charge in [0, 0.05) is 12.0 Å². The monoisotopic (exact) mass is 280 g/mol.